The molecule has 1 aliphatic carbocycles. The third-order valence-electron chi connectivity index (χ3n) is 6.22. The maximum atomic E-state index is 11.9. The summed E-state index contributed by atoms with van der Waals surface area (Å²) in [7, 11) is -0.519. The molecule has 2 fully saturated rings. The van der Waals surface area contributed by atoms with Gasteiger partial charge in [-0.25, -0.2) is 0 Å². The lowest BCUT2D eigenvalue weighted by Gasteiger charge is -2.32. The van der Waals surface area contributed by atoms with Gasteiger partial charge in [0, 0.05) is 28.9 Å². The second-order valence-electron chi connectivity index (χ2n) is 8.45. The van der Waals surface area contributed by atoms with E-state index in [2.05, 4.69) is 9.97 Å². The minimum absolute atomic E-state index is 0.313. The molecule has 2 aromatic heterocycles. The Morgan fingerprint density at radius 3 is 2.23 bits per heavy atom. The van der Waals surface area contributed by atoms with E-state index in [9.17, 15) is 4.79 Å². The molecule has 1 aliphatic heterocycles. The van der Waals surface area contributed by atoms with Crippen LogP contribution in [-0.2, 0) is 19.5 Å². The summed E-state index contributed by atoms with van der Waals surface area (Å²) in [5.74, 6) is -0.313. The van der Waals surface area contributed by atoms with E-state index in [-0.39, 0.29) is 5.91 Å². The molecule has 2 aliphatic rings. The van der Waals surface area contributed by atoms with Crippen LogP contribution < -0.4 is 11.2 Å². The van der Waals surface area contributed by atoms with Gasteiger partial charge in [-0.05, 0) is 58.9 Å². The van der Waals surface area contributed by atoms with Crippen molar-refractivity contribution in [1.82, 2.24) is 9.97 Å². The first-order valence-corrected chi connectivity index (χ1v) is 8.99. The fraction of sp³-hybridized carbons (Fsp3) is 0.526. The van der Waals surface area contributed by atoms with E-state index >= 15 is 0 Å². The maximum absolute atomic E-state index is 11.9. The number of pyridine rings is 2. The number of aromatic nitrogens is 2. The molecule has 1 saturated carbocycles. The number of amides is 1. The van der Waals surface area contributed by atoms with Crippen LogP contribution in [-0.4, -0.2) is 34.2 Å². The van der Waals surface area contributed by atoms with Gasteiger partial charge in [0.15, 0.2) is 0 Å². The molecule has 0 unspecified atom stereocenters. The zero-order valence-corrected chi connectivity index (χ0v) is 15.9. The van der Waals surface area contributed by atoms with Gasteiger partial charge in [0.25, 0.3) is 0 Å². The molecular formula is C19H24BN3O3. The summed E-state index contributed by atoms with van der Waals surface area (Å²) < 4.78 is 12.4. The van der Waals surface area contributed by atoms with E-state index in [1.165, 1.54) is 0 Å². The molecule has 0 aromatic carbocycles. The highest BCUT2D eigenvalue weighted by Crippen LogP contribution is 2.47. The van der Waals surface area contributed by atoms with Crippen molar-refractivity contribution in [2.75, 3.05) is 0 Å². The lowest BCUT2D eigenvalue weighted by Crippen LogP contribution is -2.41. The predicted molar refractivity (Wildman–Crippen MR) is 100 cm³/mol. The largest absolute Gasteiger partial charge is 0.497 e. The number of rotatable bonds is 3. The van der Waals surface area contributed by atoms with E-state index in [1.54, 1.807) is 12.4 Å². The summed E-state index contributed by atoms with van der Waals surface area (Å²) in [4.78, 5) is 20.9. The quantitative estimate of drug-likeness (QED) is 0.850. The van der Waals surface area contributed by atoms with Gasteiger partial charge in [-0.2, -0.15) is 0 Å². The lowest BCUT2D eigenvalue weighted by atomic mass is 9.77. The first-order valence-electron chi connectivity index (χ1n) is 8.99. The molecule has 4 rings (SSSR count). The smallest absolute Gasteiger partial charge is 0.399 e. The molecule has 0 radical (unpaired) electrons. The van der Waals surface area contributed by atoms with Gasteiger partial charge in [0.05, 0.1) is 22.3 Å². The molecule has 1 saturated heterocycles. The van der Waals surface area contributed by atoms with Crippen LogP contribution in [0.2, 0.25) is 0 Å². The van der Waals surface area contributed by atoms with Gasteiger partial charge >= 0.3 is 7.12 Å². The van der Waals surface area contributed by atoms with Crippen LogP contribution in [0.15, 0.2) is 18.5 Å². The number of carbonyl (C=O) groups excluding carboxylic acids is 1. The molecule has 136 valence electrons. The minimum Gasteiger partial charge on any atom is -0.399 e. The molecule has 7 heteroatoms. The van der Waals surface area contributed by atoms with Crippen molar-refractivity contribution in [3.8, 4) is 0 Å². The molecular weight excluding hydrogens is 329 g/mol. The summed E-state index contributed by atoms with van der Waals surface area (Å²) in [5.41, 5.74) is 6.59. The van der Waals surface area contributed by atoms with E-state index in [4.69, 9.17) is 15.0 Å². The summed E-state index contributed by atoms with van der Waals surface area (Å²) in [5, 5.41) is 1.88. The Kier molecular flexibility index (Phi) is 3.53. The molecule has 0 spiro atoms. The second-order valence-corrected chi connectivity index (χ2v) is 8.45. The van der Waals surface area contributed by atoms with Crippen LogP contribution in [0.3, 0.4) is 0 Å². The highest BCUT2D eigenvalue weighted by atomic mass is 16.7. The van der Waals surface area contributed by atoms with Crippen LogP contribution in [0.4, 0.5) is 0 Å². The first kappa shape index (κ1) is 17.4. The van der Waals surface area contributed by atoms with Crippen LogP contribution in [0.5, 0.6) is 0 Å². The molecule has 26 heavy (non-hydrogen) atoms. The highest BCUT2D eigenvalue weighted by Gasteiger charge is 2.53. The zero-order valence-electron chi connectivity index (χ0n) is 15.9. The standard InChI is InChI=1S/C19H24BN3O3/c1-11-13-9-23-15(19(6-7-19)16(21)24)8-12(13)14(10-22-11)20-25-17(2,3)18(4,5)26-20/h8-10H,6-7H2,1-5H3,(H2,21,24). The molecule has 0 atom stereocenters. The van der Waals surface area contributed by atoms with Crippen LogP contribution in [0.1, 0.15) is 51.9 Å². The number of aryl methyl sites for hydroxylation is 1. The number of carbonyl (C=O) groups is 1. The van der Waals surface area contributed by atoms with Gasteiger partial charge in [-0.1, -0.05) is 0 Å². The van der Waals surface area contributed by atoms with Crippen LogP contribution in [0, 0.1) is 6.92 Å². The number of nitrogens with two attached hydrogens (primary N) is 1. The van der Waals surface area contributed by atoms with Gasteiger partial charge in [0.1, 0.15) is 0 Å². The average molecular weight is 353 g/mol. The van der Waals surface area contributed by atoms with Crippen molar-refractivity contribution in [3.05, 3.63) is 29.8 Å². The second kappa shape index (κ2) is 5.27. The number of hydrogen-bond donors (Lipinski definition) is 1. The Hall–Kier alpha value is -1.99. The van der Waals surface area contributed by atoms with E-state index in [0.29, 0.717) is 0 Å². The van der Waals surface area contributed by atoms with Crippen molar-refractivity contribution >= 4 is 29.3 Å². The number of nitrogens with zero attached hydrogens (tertiary/aromatic N) is 2. The van der Waals surface area contributed by atoms with Gasteiger partial charge in [-0.15, -0.1) is 0 Å². The number of primary amides is 1. The van der Waals surface area contributed by atoms with Crippen molar-refractivity contribution in [2.45, 2.75) is 64.1 Å². The summed E-state index contributed by atoms with van der Waals surface area (Å²) in [6.45, 7) is 10.0. The van der Waals surface area contributed by atoms with E-state index < -0.39 is 23.7 Å². The van der Waals surface area contributed by atoms with Crippen molar-refractivity contribution < 1.29 is 14.1 Å². The van der Waals surface area contributed by atoms with E-state index in [0.717, 1.165) is 40.5 Å². The van der Waals surface area contributed by atoms with Gasteiger partial charge in [0.2, 0.25) is 5.91 Å². The van der Waals surface area contributed by atoms with Gasteiger partial charge in [-0.3, -0.25) is 14.8 Å². The van der Waals surface area contributed by atoms with Crippen molar-refractivity contribution in [3.63, 3.8) is 0 Å². The fourth-order valence-corrected chi connectivity index (χ4v) is 3.46. The Morgan fingerprint density at radius 2 is 1.69 bits per heavy atom. The lowest BCUT2D eigenvalue weighted by molar-refractivity contribution is -0.120. The highest BCUT2D eigenvalue weighted by molar-refractivity contribution is 6.65. The third-order valence-corrected chi connectivity index (χ3v) is 6.22. The van der Waals surface area contributed by atoms with Crippen molar-refractivity contribution in [1.29, 1.82) is 0 Å². The monoisotopic (exact) mass is 353 g/mol. The first-order chi connectivity index (χ1) is 12.1. The third kappa shape index (κ3) is 2.37. The summed E-state index contributed by atoms with van der Waals surface area (Å²) >= 11 is 0. The number of fused-ring (bicyclic) bond motifs is 1. The molecule has 6 nitrogen and oxygen atoms in total. The molecule has 3 heterocycles. The molecule has 2 aromatic rings. The van der Waals surface area contributed by atoms with Crippen molar-refractivity contribution in [2.24, 2.45) is 5.73 Å². The number of hydrogen-bond acceptors (Lipinski definition) is 5. The fourth-order valence-electron chi connectivity index (χ4n) is 3.46. The van der Waals surface area contributed by atoms with Gasteiger partial charge < -0.3 is 15.0 Å². The Bertz CT molecular complexity index is 906. The SMILES string of the molecule is Cc1ncc(B2OC(C)(C)C(C)(C)O2)c2cc(C3(C(N)=O)CC3)ncc12. The Morgan fingerprint density at radius 1 is 1.08 bits per heavy atom. The predicted octanol–water partition coefficient (Wildman–Crippen LogP) is 1.75. The minimum atomic E-state index is -0.626. The average Bonchev–Trinajstić information content (AvgIpc) is 3.32. The Labute approximate surface area is 153 Å². The summed E-state index contributed by atoms with van der Waals surface area (Å²) in [6.07, 6.45) is 5.08. The van der Waals surface area contributed by atoms with E-state index in [1.807, 2.05) is 40.7 Å². The normalized spacial score (nSPS) is 22.6. The zero-order chi connectivity index (χ0) is 18.9. The van der Waals surface area contributed by atoms with Crippen LogP contribution in [0.25, 0.3) is 10.8 Å². The molecule has 2 N–H and O–H groups in total. The summed E-state index contributed by atoms with van der Waals surface area (Å²) in [6, 6.07) is 1.96. The molecule has 0 bridgehead atoms. The topological polar surface area (TPSA) is 87.3 Å². The maximum Gasteiger partial charge on any atom is 0.497 e. The Balaban J connectivity index is 1.86. The van der Waals surface area contributed by atoms with Crippen LogP contribution >= 0.6 is 0 Å². The molecule has 1 amide bonds.